The van der Waals surface area contributed by atoms with Gasteiger partial charge in [-0.15, -0.1) is 0 Å². The Morgan fingerprint density at radius 3 is 2.77 bits per heavy atom. The van der Waals surface area contributed by atoms with Gasteiger partial charge in [0.25, 0.3) is 11.8 Å². The second kappa shape index (κ2) is 8.41. The molecule has 1 amide bonds. The van der Waals surface area contributed by atoms with Gasteiger partial charge in [-0.25, -0.2) is 4.98 Å². The molecule has 31 heavy (non-hydrogen) atoms. The molecule has 0 bridgehead atoms. The summed E-state index contributed by atoms with van der Waals surface area (Å²) in [6.45, 7) is 1.52. The molecule has 4 heterocycles. The number of aromatic nitrogens is 4. The summed E-state index contributed by atoms with van der Waals surface area (Å²) in [6, 6.07) is 7.84. The smallest absolute Gasteiger partial charge is 0.286 e. The molecule has 1 atom stereocenters. The van der Waals surface area contributed by atoms with E-state index in [1.165, 1.54) is 25.6 Å². The number of nitrogens with zero attached hydrogens (tertiary/aromatic N) is 4. The van der Waals surface area contributed by atoms with Gasteiger partial charge in [-0.1, -0.05) is 0 Å². The highest BCUT2D eigenvalue weighted by molar-refractivity contribution is 5.94. The molecule has 7 nitrogen and oxygen atoms in total. The molecule has 0 saturated carbocycles. The van der Waals surface area contributed by atoms with E-state index in [1.54, 1.807) is 18.2 Å². The number of fused-ring (bicyclic) bond motifs is 1. The van der Waals surface area contributed by atoms with E-state index in [4.69, 9.17) is 4.74 Å². The van der Waals surface area contributed by atoms with Crippen LogP contribution < -0.4 is 10.1 Å². The van der Waals surface area contributed by atoms with Crippen LogP contribution in [0.15, 0.2) is 42.7 Å². The first-order chi connectivity index (χ1) is 14.8. The Morgan fingerprint density at radius 2 is 2.00 bits per heavy atom. The fraction of sp³-hybridized carbons (Fsp3) is 0.364. The Balaban J connectivity index is 1.62. The number of amides is 1. The fourth-order valence-corrected chi connectivity index (χ4v) is 3.67. The number of rotatable bonds is 5. The van der Waals surface area contributed by atoms with Crippen LogP contribution in [0.1, 0.15) is 54.0 Å². The van der Waals surface area contributed by atoms with Crippen LogP contribution in [0.4, 0.5) is 8.78 Å². The Bertz CT molecular complexity index is 1090. The molecule has 162 valence electrons. The van der Waals surface area contributed by atoms with Crippen molar-refractivity contribution in [3.63, 3.8) is 0 Å². The molecule has 1 aliphatic rings. The van der Waals surface area contributed by atoms with E-state index in [0.717, 1.165) is 31.9 Å². The highest BCUT2D eigenvalue weighted by Crippen LogP contribution is 2.31. The van der Waals surface area contributed by atoms with E-state index in [9.17, 15) is 13.6 Å². The van der Waals surface area contributed by atoms with Crippen LogP contribution in [0.25, 0.3) is 11.3 Å². The van der Waals surface area contributed by atoms with E-state index in [0.29, 0.717) is 29.2 Å². The number of nitrogens with one attached hydrogen (secondary N) is 1. The van der Waals surface area contributed by atoms with Gasteiger partial charge < -0.3 is 10.1 Å². The maximum atomic E-state index is 13.7. The predicted octanol–water partition coefficient (Wildman–Crippen LogP) is 4.12. The van der Waals surface area contributed by atoms with Gasteiger partial charge in [-0.2, -0.15) is 13.9 Å². The number of hydrogen-bond acceptors (Lipinski definition) is 5. The zero-order valence-corrected chi connectivity index (χ0v) is 17.3. The molecule has 0 unspecified atom stereocenters. The van der Waals surface area contributed by atoms with Crippen LogP contribution in [0, 0.1) is 0 Å². The average Bonchev–Trinajstić information content (AvgIpc) is 3.11. The highest BCUT2D eigenvalue weighted by Gasteiger charge is 2.28. The fourth-order valence-electron chi connectivity index (χ4n) is 3.67. The standard InChI is InChI=1S/C22H23F2N5O2/c1-22(23,24)19-11-14(6-8-25-19)17-13-18-16(5-3-4-10-29(18)28-17)27-21(30)15-7-9-26-20(12-15)31-2/h6-9,11-13,16H,3-5,10H2,1-2H3,(H,27,30)/t16-/m1/s1. The van der Waals surface area contributed by atoms with Crippen molar-refractivity contribution >= 4 is 5.91 Å². The minimum atomic E-state index is -3.03. The molecule has 0 fully saturated rings. The Kier molecular flexibility index (Phi) is 5.67. The first-order valence-corrected chi connectivity index (χ1v) is 10.1. The summed E-state index contributed by atoms with van der Waals surface area (Å²) in [5.74, 6) is -2.91. The topological polar surface area (TPSA) is 81.9 Å². The molecule has 1 N–H and O–H groups in total. The first-order valence-electron chi connectivity index (χ1n) is 10.1. The summed E-state index contributed by atoms with van der Waals surface area (Å²) < 4.78 is 34.4. The molecule has 4 rings (SSSR count). The van der Waals surface area contributed by atoms with Crippen molar-refractivity contribution in [1.82, 2.24) is 25.1 Å². The third kappa shape index (κ3) is 4.55. The lowest BCUT2D eigenvalue weighted by Crippen LogP contribution is -2.29. The lowest BCUT2D eigenvalue weighted by molar-refractivity contribution is 0.0128. The summed E-state index contributed by atoms with van der Waals surface area (Å²) in [4.78, 5) is 20.6. The summed E-state index contributed by atoms with van der Waals surface area (Å²) in [5.41, 5.74) is 2.14. The third-order valence-corrected chi connectivity index (χ3v) is 5.30. The Labute approximate surface area is 178 Å². The van der Waals surface area contributed by atoms with Crippen molar-refractivity contribution in [3.05, 3.63) is 59.7 Å². The SMILES string of the molecule is COc1cc(C(=O)N[C@@H]2CCCCn3nc(-c4ccnc(C(C)(F)F)c4)cc32)ccn1. The summed E-state index contributed by atoms with van der Waals surface area (Å²) in [6.07, 6.45) is 5.49. The van der Waals surface area contributed by atoms with Gasteiger partial charge in [0.15, 0.2) is 0 Å². The van der Waals surface area contributed by atoms with E-state index >= 15 is 0 Å². The van der Waals surface area contributed by atoms with E-state index < -0.39 is 5.92 Å². The Morgan fingerprint density at radius 1 is 1.19 bits per heavy atom. The minimum Gasteiger partial charge on any atom is -0.481 e. The maximum absolute atomic E-state index is 13.7. The van der Waals surface area contributed by atoms with Crippen molar-refractivity contribution in [2.24, 2.45) is 0 Å². The van der Waals surface area contributed by atoms with Gasteiger partial charge in [0, 0.05) is 43.1 Å². The van der Waals surface area contributed by atoms with Crippen LogP contribution in [0.5, 0.6) is 5.88 Å². The van der Waals surface area contributed by atoms with Gasteiger partial charge >= 0.3 is 0 Å². The van der Waals surface area contributed by atoms with Gasteiger partial charge in [0.1, 0.15) is 5.69 Å². The molecule has 1 aliphatic heterocycles. The third-order valence-electron chi connectivity index (χ3n) is 5.30. The zero-order valence-electron chi connectivity index (χ0n) is 17.3. The number of alkyl halides is 2. The molecule has 9 heteroatoms. The van der Waals surface area contributed by atoms with Crippen molar-refractivity contribution in [2.45, 2.75) is 44.7 Å². The molecule has 0 spiro atoms. The van der Waals surface area contributed by atoms with Crippen LogP contribution >= 0.6 is 0 Å². The van der Waals surface area contributed by atoms with E-state index in [-0.39, 0.29) is 17.6 Å². The number of carbonyl (C=O) groups is 1. The van der Waals surface area contributed by atoms with E-state index in [1.807, 2.05) is 10.7 Å². The first kappa shape index (κ1) is 20.9. The zero-order chi connectivity index (χ0) is 22.0. The molecular weight excluding hydrogens is 404 g/mol. The molecule has 3 aromatic rings. The van der Waals surface area contributed by atoms with Crippen molar-refractivity contribution in [3.8, 4) is 17.1 Å². The number of methoxy groups -OCH3 is 1. The van der Waals surface area contributed by atoms with Gasteiger partial charge in [0.2, 0.25) is 5.88 Å². The number of hydrogen-bond donors (Lipinski definition) is 1. The number of ether oxygens (including phenoxy) is 1. The van der Waals surface area contributed by atoms with Crippen LogP contribution in [0.3, 0.4) is 0 Å². The van der Waals surface area contributed by atoms with Gasteiger partial charge in [-0.3, -0.25) is 14.5 Å². The normalized spacial score (nSPS) is 16.3. The monoisotopic (exact) mass is 427 g/mol. The second-order valence-electron chi connectivity index (χ2n) is 7.60. The molecule has 0 radical (unpaired) electrons. The number of pyridine rings is 2. The molecule has 0 saturated heterocycles. The molecule has 0 aromatic carbocycles. The minimum absolute atomic E-state index is 0.237. The van der Waals surface area contributed by atoms with Crippen molar-refractivity contribution < 1.29 is 18.3 Å². The van der Waals surface area contributed by atoms with Crippen LogP contribution in [0.2, 0.25) is 0 Å². The second-order valence-corrected chi connectivity index (χ2v) is 7.60. The molecular formula is C22H23F2N5O2. The maximum Gasteiger partial charge on any atom is 0.286 e. The largest absolute Gasteiger partial charge is 0.481 e. The summed E-state index contributed by atoms with van der Waals surface area (Å²) in [5, 5.41) is 7.69. The van der Waals surface area contributed by atoms with Crippen LogP contribution in [-0.2, 0) is 12.5 Å². The quantitative estimate of drug-likeness (QED) is 0.663. The average molecular weight is 427 g/mol. The number of aryl methyl sites for hydroxylation is 1. The lowest BCUT2D eigenvalue weighted by Gasteiger charge is -2.17. The van der Waals surface area contributed by atoms with Gasteiger partial charge in [-0.05, 0) is 43.5 Å². The van der Waals surface area contributed by atoms with Crippen molar-refractivity contribution in [1.29, 1.82) is 0 Å². The van der Waals surface area contributed by atoms with E-state index in [2.05, 4.69) is 20.4 Å². The highest BCUT2D eigenvalue weighted by atomic mass is 19.3. The lowest BCUT2D eigenvalue weighted by atomic mass is 10.1. The predicted molar refractivity (Wildman–Crippen MR) is 110 cm³/mol. The molecule has 3 aromatic heterocycles. The number of halogens is 2. The van der Waals surface area contributed by atoms with Crippen molar-refractivity contribution in [2.75, 3.05) is 7.11 Å². The molecule has 0 aliphatic carbocycles. The van der Waals surface area contributed by atoms with Crippen LogP contribution in [-0.4, -0.2) is 32.8 Å². The Hall–Kier alpha value is -3.36. The summed E-state index contributed by atoms with van der Waals surface area (Å²) >= 11 is 0. The van der Waals surface area contributed by atoms with Gasteiger partial charge in [0.05, 0.1) is 24.5 Å². The number of carbonyl (C=O) groups excluding carboxylic acids is 1. The summed E-state index contributed by atoms with van der Waals surface area (Å²) in [7, 11) is 1.49.